The van der Waals surface area contributed by atoms with Gasteiger partial charge in [0.05, 0.1) is 4.92 Å². The van der Waals surface area contributed by atoms with Crippen LogP contribution in [0.5, 0.6) is 0 Å². The predicted octanol–water partition coefficient (Wildman–Crippen LogP) is 3.91. The Morgan fingerprint density at radius 1 is 1.11 bits per heavy atom. The third-order valence-electron chi connectivity index (χ3n) is 3.94. The first-order chi connectivity index (χ1) is 12.9. The van der Waals surface area contributed by atoms with Crippen LogP contribution in [0.25, 0.3) is 17.5 Å². The van der Waals surface area contributed by atoms with E-state index in [-0.39, 0.29) is 11.7 Å². The fourth-order valence-corrected chi connectivity index (χ4v) is 2.29. The van der Waals surface area contributed by atoms with Crippen molar-refractivity contribution in [2.45, 2.75) is 13.8 Å². The van der Waals surface area contributed by atoms with Crippen molar-refractivity contribution in [3.8, 4) is 11.5 Å². The van der Waals surface area contributed by atoms with E-state index < -0.39 is 10.8 Å². The van der Waals surface area contributed by atoms with Gasteiger partial charge in [0, 0.05) is 23.8 Å². The van der Waals surface area contributed by atoms with Gasteiger partial charge < -0.3 is 4.42 Å². The first-order valence-corrected chi connectivity index (χ1v) is 8.07. The average Bonchev–Trinajstić information content (AvgIpc) is 3.11. The van der Waals surface area contributed by atoms with Gasteiger partial charge in [-0.1, -0.05) is 11.2 Å². The average molecular weight is 364 g/mol. The van der Waals surface area contributed by atoms with Gasteiger partial charge in [-0.25, -0.2) is 0 Å². The van der Waals surface area contributed by atoms with Crippen LogP contribution >= 0.6 is 0 Å². The van der Waals surface area contributed by atoms with Crippen LogP contribution in [0.2, 0.25) is 0 Å². The van der Waals surface area contributed by atoms with Crippen molar-refractivity contribution in [3.05, 3.63) is 75.3 Å². The van der Waals surface area contributed by atoms with Crippen LogP contribution in [0, 0.1) is 24.0 Å². The molecule has 27 heavy (non-hydrogen) atoms. The molecule has 0 unspecified atom stereocenters. The van der Waals surface area contributed by atoms with Gasteiger partial charge in [-0.2, -0.15) is 0 Å². The third-order valence-corrected chi connectivity index (χ3v) is 3.94. The van der Waals surface area contributed by atoms with E-state index in [1.54, 1.807) is 12.1 Å². The highest BCUT2D eigenvalue weighted by molar-refractivity contribution is 6.00. The summed E-state index contributed by atoms with van der Waals surface area (Å²) in [4.78, 5) is 22.1. The number of carbonyl (C=O) groups excluding carboxylic acids is 1. The third kappa shape index (κ3) is 4.43. The molecule has 1 N–H and O–H groups in total. The van der Waals surface area contributed by atoms with E-state index in [1.807, 2.05) is 32.0 Å². The molecular formula is C19H16N4O4. The standard InChI is InChI=1S/C19H16N4O4/c1-12-3-7-15(11-13(12)2)18-21-22-19(27-18)20-17(24)10-6-14-4-8-16(9-5-14)23(25)26/h3-11H,1-2H3,(H,20,22,24)/b10-6-. The van der Waals surface area contributed by atoms with Gasteiger partial charge in [0.1, 0.15) is 0 Å². The van der Waals surface area contributed by atoms with Crippen molar-refractivity contribution in [2.24, 2.45) is 0 Å². The van der Waals surface area contributed by atoms with Crippen LogP contribution in [0.3, 0.4) is 0 Å². The lowest BCUT2D eigenvalue weighted by atomic mass is 10.1. The minimum absolute atomic E-state index is 0.0124. The monoisotopic (exact) mass is 364 g/mol. The molecule has 0 fully saturated rings. The number of amides is 1. The quantitative estimate of drug-likeness (QED) is 0.417. The summed E-state index contributed by atoms with van der Waals surface area (Å²) in [7, 11) is 0. The number of hydrogen-bond donors (Lipinski definition) is 1. The second-order valence-corrected chi connectivity index (χ2v) is 5.88. The van der Waals surface area contributed by atoms with Gasteiger partial charge in [0.2, 0.25) is 5.89 Å². The largest absolute Gasteiger partial charge is 0.403 e. The maximum atomic E-state index is 12.0. The summed E-state index contributed by atoms with van der Waals surface area (Å²) in [6.07, 6.45) is 2.81. The van der Waals surface area contributed by atoms with Crippen molar-refractivity contribution in [2.75, 3.05) is 5.32 Å². The number of nitrogens with one attached hydrogen (secondary N) is 1. The minimum Gasteiger partial charge on any atom is -0.403 e. The molecule has 3 rings (SSSR count). The summed E-state index contributed by atoms with van der Waals surface area (Å²) < 4.78 is 5.47. The second-order valence-electron chi connectivity index (χ2n) is 5.88. The van der Waals surface area contributed by atoms with Gasteiger partial charge in [0.15, 0.2) is 0 Å². The molecular weight excluding hydrogens is 348 g/mol. The van der Waals surface area contributed by atoms with Gasteiger partial charge in [-0.15, -0.1) is 5.10 Å². The fraction of sp³-hybridized carbons (Fsp3) is 0.105. The molecule has 0 spiro atoms. The zero-order chi connectivity index (χ0) is 19.4. The summed E-state index contributed by atoms with van der Waals surface area (Å²) in [5, 5.41) is 20.9. The van der Waals surface area contributed by atoms with Crippen molar-refractivity contribution in [3.63, 3.8) is 0 Å². The Bertz CT molecular complexity index is 1020. The van der Waals surface area contributed by atoms with Crippen molar-refractivity contribution in [1.29, 1.82) is 0 Å². The molecule has 8 nitrogen and oxygen atoms in total. The molecule has 0 radical (unpaired) electrons. The summed E-state index contributed by atoms with van der Waals surface area (Å²) in [6, 6.07) is 11.6. The van der Waals surface area contributed by atoms with E-state index in [2.05, 4.69) is 15.5 Å². The van der Waals surface area contributed by atoms with Crippen LogP contribution in [0.4, 0.5) is 11.7 Å². The Morgan fingerprint density at radius 2 is 1.85 bits per heavy atom. The van der Waals surface area contributed by atoms with E-state index in [0.717, 1.165) is 16.7 Å². The molecule has 1 amide bonds. The molecule has 136 valence electrons. The number of carbonyl (C=O) groups is 1. The van der Waals surface area contributed by atoms with Crippen LogP contribution in [0.15, 0.2) is 53.0 Å². The summed E-state index contributed by atoms with van der Waals surface area (Å²) in [5.74, 6) is -0.142. The van der Waals surface area contributed by atoms with Gasteiger partial charge in [-0.3, -0.25) is 20.2 Å². The zero-order valence-electron chi connectivity index (χ0n) is 14.7. The van der Waals surface area contributed by atoms with E-state index in [9.17, 15) is 14.9 Å². The van der Waals surface area contributed by atoms with Crippen molar-refractivity contribution >= 4 is 23.7 Å². The molecule has 8 heteroatoms. The molecule has 0 atom stereocenters. The van der Waals surface area contributed by atoms with Crippen LogP contribution in [0.1, 0.15) is 16.7 Å². The molecule has 0 saturated carbocycles. The van der Waals surface area contributed by atoms with E-state index in [4.69, 9.17) is 4.42 Å². The van der Waals surface area contributed by atoms with Gasteiger partial charge >= 0.3 is 6.01 Å². The Hall–Kier alpha value is -3.81. The maximum absolute atomic E-state index is 12.0. The normalized spacial score (nSPS) is 10.9. The summed E-state index contributed by atoms with van der Waals surface area (Å²) in [5.41, 5.74) is 3.66. The number of anilines is 1. The number of hydrogen-bond acceptors (Lipinski definition) is 6. The highest BCUT2D eigenvalue weighted by Crippen LogP contribution is 2.22. The highest BCUT2D eigenvalue weighted by atomic mass is 16.6. The topological polar surface area (TPSA) is 111 Å². The number of non-ortho nitro benzene ring substituents is 1. The maximum Gasteiger partial charge on any atom is 0.322 e. The number of benzene rings is 2. The van der Waals surface area contributed by atoms with Crippen molar-refractivity contribution < 1.29 is 14.1 Å². The number of nitrogens with zero attached hydrogens (tertiary/aromatic N) is 3. The molecule has 0 aliphatic heterocycles. The first kappa shape index (κ1) is 18.0. The second kappa shape index (κ2) is 7.61. The SMILES string of the molecule is Cc1ccc(-c2nnc(NC(=O)/C=C\c3ccc([N+](=O)[O-])cc3)o2)cc1C. The number of nitro benzene ring substituents is 1. The molecule has 1 heterocycles. The zero-order valence-corrected chi connectivity index (χ0v) is 14.7. The highest BCUT2D eigenvalue weighted by Gasteiger charge is 2.11. The fourth-order valence-electron chi connectivity index (χ4n) is 2.29. The number of aromatic nitrogens is 2. The van der Waals surface area contributed by atoms with Gasteiger partial charge in [0.25, 0.3) is 11.6 Å². The van der Waals surface area contributed by atoms with Crippen LogP contribution < -0.4 is 5.32 Å². The molecule has 1 aromatic heterocycles. The van der Waals surface area contributed by atoms with Crippen molar-refractivity contribution in [1.82, 2.24) is 10.2 Å². The molecule has 2 aromatic carbocycles. The number of nitro groups is 1. The lowest BCUT2D eigenvalue weighted by molar-refractivity contribution is -0.384. The predicted molar refractivity (Wildman–Crippen MR) is 100.0 cm³/mol. The Morgan fingerprint density at radius 3 is 2.52 bits per heavy atom. The molecule has 0 aliphatic carbocycles. The van der Waals surface area contributed by atoms with E-state index in [0.29, 0.717) is 11.5 Å². The molecule has 0 aliphatic rings. The first-order valence-electron chi connectivity index (χ1n) is 8.07. The summed E-state index contributed by atoms with van der Waals surface area (Å²) >= 11 is 0. The Labute approximate surface area is 154 Å². The number of rotatable bonds is 5. The summed E-state index contributed by atoms with van der Waals surface area (Å²) in [6.45, 7) is 4.00. The van der Waals surface area contributed by atoms with E-state index >= 15 is 0 Å². The van der Waals surface area contributed by atoms with Crippen LogP contribution in [-0.2, 0) is 4.79 Å². The Balaban J connectivity index is 1.65. The minimum atomic E-state index is -0.483. The van der Waals surface area contributed by atoms with Gasteiger partial charge in [-0.05, 0) is 60.9 Å². The van der Waals surface area contributed by atoms with E-state index in [1.165, 1.54) is 24.3 Å². The molecule has 3 aromatic rings. The Kier molecular flexibility index (Phi) is 5.07. The smallest absolute Gasteiger partial charge is 0.322 e. The lowest BCUT2D eigenvalue weighted by Gasteiger charge is -2.00. The number of aryl methyl sites for hydroxylation is 2. The van der Waals surface area contributed by atoms with Crippen LogP contribution in [-0.4, -0.2) is 21.0 Å². The lowest BCUT2D eigenvalue weighted by Crippen LogP contribution is -2.07. The molecule has 0 saturated heterocycles. The molecule has 0 bridgehead atoms.